The molecule has 3 heterocycles. The number of nitrogens with zero attached hydrogens (tertiary/aromatic N) is 2. The summed E-state index contributed by atoms with van der Waals surface area (Å²) in [6.45, 7) is 14.1. The van der Waals surface area contributed by atoms with Gasteiger partial charge in [-0.3, -0.25) is 0 Å². The minimum atomic E-state index is -0.101. The van der Waals surface area contributed by atoms with Gasteiger partial charge in [0.25, 0.3) is 0 Å². The Morgan fingerprint density at radius 1 is 0.333 bits per heavy atom. The second kappa shape index (κ2) is 18.6. The average molecular weight is 1020 g/mol. The topological polar surface area (TPSA) is 8.17 Å². The second-order valence-corrected chi connectivity index (χ2v) is 24.4. The fourth-order valence-corrected chi connectivity index (χ4v) is 13.5. The molecular weight excluding hydrogens is 960 g/mol. The maximum absolute atomic E-state index is 2.65. The first-order valence-electron chi connectivity index (χ1n) is 27.4. The lowest BCUT2D eigenvalue weighted by Crippen LogP contribution is -2.60. The molecule has 11 aromatic carbocycles. The number of benzene rings is 11. The molecule has 0 spiro atoms. The van der Waals surface area contributed by atoms with Gasteiger partial charge in [-0.15, -0.1) is 0 Å². The summed E-state index contributed by atoms with van der Waals surface area (Å²) < 4.78 is 2.65. The van der Waals surface area contributed by atoms with Crippen LogP contribution in [0.5, 0.6) is 0 Å². The van der Waals surface area contributed by atoms with Crippen molar-refractivity contribution >= 4 is 73.7 Å². The van der Waals surface area contributed by atoms with Crippen LogP contribution in [0.1, 0.15) is 52.7 Å². The van der Waals surface area contributed by atoms with Gasteiger partial charge >= 0.3 is 0 Å². The molecule has 0 aliphatic carbocycles. The van der Waals surface area contributed by atoms with Gasteiger partial charge in [-0.2, -0.15) is 0 Å². The molecule has 0 atom stereocenters. The highest BCUT2D eigenvalue weighted by Gasteiger charge is 2.42. The molecule has 0 amide bonds. The van der Waals surface area contributed by atoms with Crippen molar-refractivity contribution < 1.29 is 0 Å². The quantitative estimate of drug-likeness (QED) is 0.147. The maximum atomic E-state index is 2.65. The summed E-state index contributed by atoms with van der Waals surface area (Å²) >= 11 is 1.92. The fraction of sp³-hybridized carbons (Fsp3) is 0.108. The minimum Gasteiger partial charge on any atom is -0.311 e. The van der Waals surface area contributed by atoms with E-state index >= 15 is 0 Å². The van der Waals surface area contributed by atoms with Crippen LogP contribution in [0.3, 0.4) is 0 Å². The van der Waals surface area contributed by atoms with Crippen LogP contribution >= 0.6 is 11.8 Å². The molecule has 2 aliphatic heterocycles. The molecule has 4 heteroatoms. The molecule has 2 aliphatic rings. The maximum Gasteiger partial charge on any atom is 0.249 e. The summed E-state index contributed by atoms with van der Waals surface area (Å²) in [5.74, 6) is 0. The summed E-state index contributed by atoms with van der Waals surface area (Å²) in [6.07, 6.45) is 0. The van der Waals surface area contributed by atoms with Crippen LogP contribution in [0, 0.1) is 0 Å². The molecule has 0 fully saturated rings. The highest BCUT2D eigenvalue weighted by molar-refractivity contribution is 8.00. The van der Waals surface area contributed by atoms with Gasteiger partial charge in [-0.05, 0) is 138 Å². The van der Waals surface area contributed by atoms with Crippen molar-refractivity contribution in [3.8, 4) is 61.3 Å². The Labute approximate surface area is 463 Å². The molecule has 2 nitrogen and oxygen atoms in total. The summed E-state index contributed by atoms with van der Waals surface area (Å²) in [6, 6.07) is 93.4. The van der Waals surface area contributed by atoms with Crippen molar-refractivity contribution in [1.82, 2.24) is 4.57 Å². The van der Waals surface area contributed by atoms with Crippen molar-refractivity contribution in [3.63, 3.8) is 0 Å². The zero-order valence-corrected chi connectivity index (χ0v) is 45.9. The molecule has 0 radical (unpaired) electrons. The monoisotopic (exact) mass is 1020 g/mol. The van der Waals surface area contributed by atoms with Crippen LogP contribution in [0.15, 0.2) is 259 Å². The fourth-order valence-electron chi connectivity index (χ4n) is 12.3. The van der Waals surface area contributed by atoms with Gasteiger partial charge in [-0.25, -0.2) is 0 Å². The highest BCUT2D eigenvalue weighted by Crippen LogP contribution is 2.49. The molecule has 374 valence electrons. The zero-order chi connectivity index (χ0) is 52.9. The molecule has 14 rings (SSSR count). The van der Waals surface area contributed by atoms with Gasteiger partial charge in [0.15, 0.2) is 0 Å². The van der Waals surface area contributed by atoms with E-state index < -0.39 is 0 Å². The van der Waals surface area contributed by atoms with E-state index in [0.29, 0.717) is 0 Å². The van der Waals surface area contributed by atoms with E-state index in [9.17, 15) is 0 Å². The third-order valence-electron chi connectivity index (χ3n) is 16.3. The van der Waals surface area contributed by atoms with Gasteiger partial charge in [0.2, 0.25) is 6.71 Å². The van der Waals surface area contributed by atoms with Crippen LogP contribution < -0.4 is 21.3 Å². The molecule has 0 unspecified atom stereocenters. The summed E-state index contributed by atoms with van der Waals surface area (Å²) in [4.78, 5) is 5.13. The third-order valence-corrected chi connectivity index (χ3v) is 17.5. The van der Waals surface area contributed by atoms with Crippen LogP contribution in [-0.2, 0) is 10.8 Å². The van der Waals surface area contributed by atoms with Crippen LogP contribution in [-0.4, -0.2) is 11.3 Å². The van der Waals surface area contributed by atoms with Gasteiger partial charge in [0, 0.05) is 54.4 Å². The minimum absolute atomic E-state index is 0.0379. The molecule has 0 saturated heterocycles. The SMILES string of the molecule is CC(C)(C)c1cc(-c2ccccc2)c2c(c1)c1cc(C(C)(C)C)cc(-c3ccccc3)c1n2-c1cc2c3c(c1)N(c1ccc(-c4ccccc4)cc1)c1ccc(-c4ccccc4)cc1B3c1cc(-c3ccccc3)ccc1S2. The molecule has 12 aromatic rings. The predicted octanol–water partition coefficient (Wildman–Crippen LogP) is 18.5. The van der Waals surface area contributed by atoms with Gasteiger partial charge in [-0.1, -0.05) is 247 Å². The standard InChI is InChI=1S/C74H59BN2S/c1-73(2,3)56-42-60(52-28-18-10-19-29-52)71-62(44-56)63-45-57(74(4,5)6)43-61(53-30-20-11-21-31-53)72(63)77(71)59-46-67-70-69(47-59)78-68-39-35-55(50-26-16-9-17-27-50)41-65(68)75(70)64-40-54(49-24-14-8-15-25-49)34-38-66(64)76(67)58-36-32-51(33-37-58)48-22-12-7-13-23-48/h7-47H,1-6H3. The van der Waals surface area contributed by atoms with E-state index in [4.69, 9.17) is 0 Å². The summed E-state index contributed by atoms with van der Waals surface area (Å²) in [5, 5.41) is 2.53. The first kappa shape index (κ1) is 47.9. The Morgan fingerprint density at radius 3 is 1.24 bits per heavy atom. The zero-order valence-electron chi connectivity index (χ0n) is 45.1. The number of rotatable bonds is 7. The largest absolute Gasteiger partial charge is 0.311 e. The van der Waals surface area contributed by atoms with E-state index in [1.54, 1.807) is 0 Å². The van der Waals surface area contributed by atoms with E-state index in [0.717, 1.165) is 11.4 Å². The molecular formula is C74H59BN2S. The van der Waals surface area contributed by atoms with E-state index in [2.05, 4.69) is 300 Å². The number of anilines is 3. The number of hydrogen-bond donors (Lipinski definition) is 0. The molecule has 1 aromatic heterocycles. The predicted molar refractivity (Wildman–Crippen MR) is 335 cm³/mol. The third kappa shape index (κ3) is 8.12. The Bertz CT molecular complexity index is 4150. The van der Waals surface area contributed by atoms with E-state index in [-0.39, 0.29) is 17.5 Å². The number of aromatic nitrogens is 1. The van der Waals surface area contributed by atoms with Crippen LogP contribution in [0.25, 0.3) is 83.1 Å². The van der Waals surface area contributed by atoms with Gasteiger partial charge in [0.1, 0.15) is 0 Å². The van der Waals surface area contributed by atoms with Crippen molar-refractivity contribution in [2.24, 2.45) is 0 Å². The van der Waals surface area contributed by atoms with Gasteiger partial charge in [0.05, 0.1) is 11.0 Å². The van der Waals surface area contributed by atoms with E-state index in [1.807, 2.05) is 11.8 Å². The molecule has 0 bridgehead atoms. The molecule has 78 heavy (non-hydrogen) atoms. The van der Waals surface area contributed by atoms with Gasteiger partial charge < -0.3 is 9.47 Å². The lowest BCUT2D eigenvalue weighted by Gasteiger charge is -2.41. The normalized spacial score (nSPS) is 12.9. The molecule has 0 N–H and O–H groups in total. The summed E-state index contributed by atoms with van der Waals surface area (Å²) in [5.41, 5.74) is 25.6. The lowest BCUT2D eigenvalue weighted by atomic mass is 9.34. The number of hydrogen-bond acceptors (Lipinski definition) is 2. The summed E-state index contributed by atoms with van der Waals surface area (Å²) in [7, 11) is 0. The van der Waals surface area contributed by atoms with Crippen LogP contribution in [0.2, 0.25) is 0 Å². The first-order valence-corrected chi connectivity index (χ1v) is 28.2. The van der Waals surface area contributed by atoms with Crippen molar-refractivity contribution in [1.29, 1.82) is 0 Å². The van der Waals surface area contributed by atoms with E-state index in [1.165, 1.54) is 126 Å². The average Bonchev–Trinajstić information content (AvgIpc) is 3.99. The Balaban J connectivity index is 1.12. The first-order chi connectivity index (χ1) is 37.9. The Hall–Kier alpha value is -8.57. The Kier molecular flexibility index (Phi) is 11.4. The highest BCUT2D eigenvalue weighted by atomic mass is 32.2. The van der Waals surface area contributed by atoms with Crippen LogP contribution in [0.4, 0.5) is 17.1 Å². The second-order valence-electron chi connectivity index (χ2n) is 23.3. The lowest BCUT2D eigenvalue weighted by molar-refractivity contribution is 0.590. The molecule has 0 saturated carbocycles. The Morgan fingerprint density at radius 2 is 0.756 bits per heavy atom. The van der Waals surface area contributed by atoms with Crippen molar-refractivity contribution in [3.05, 3.63) is 260 Å². The smallest absolute Gasteiger partial charge is 0.249 e. The van der Waals surface area contributed by atoms with Crippen molar-refractivity contribution in [2.45, 2.75) is 62.2 Å². The van der Waals surface area contributed by atoms with Crippen molar-refractivity contribution in [2.75, 3.05) is 4.90 Å². The number of fused-ring (bicyclic) bond motifs is 7.